The van der Waals surface area contributed by atoms with Crippen molar-refractivity contribution in [2.75, 3.05) is 26.8 Å². The zero-order chi connectivity index (χ0) is 12.7. The Balaban J connectivity index is 2.49. The van der Waals surface area contributed by atoms with Gasteiger partial charge < -0.3 is 10.1 Å². The molecule has 17 heavy (non-hydrogen) atoms. The first-order valence-electron chi connectivity index (χ1n) is 7.20. The molecule has 0 aliphatic heterocycles. The molecule has 0 aromatic heterocycles. The van der Waals surface area contributed by atoms with Crippen LogP contribution in [0.5, 0.6) is 0 Å². The summed E-state index contributed by atoms with van der Waals surface area (Å²) in [4.78, 5) is 2.62. The number of nitrogens with one attached hydrogen (secondary N) is 1. The molecule has 1 aliphatic carbocycles. The summed E-state index contributed by atoms with van der Waals surface area (Å²) in [6, 6.07) is 2.00. The van der Waals surface area contributed by atoms with Crippen molar-refractivity contribution in [1.29, 1.82) is 0 Å². The normalized spacial score (nSPS) is 27.4. The first-order valence-corrected chi connectivity index (χ1v) is 7.20. The summed E-state index contributed by atoms with van der Waals surface area (Å²) in [7, 11) is 1.80. The smallest absolute Gasteiger partial charge is 0.0615 e. The Morgan fingerprint density at radius 3 is 2.71 bits per heavy atom. The molecule has 1 saturated carbocycles. The minimum Gasteiger partial charge on any atom is -0.383 e. The maximum Gasteiger partial charge on any atom is 0.0615 e. The second-order valence-electron chi connectivity index (χ2n) is 5.21. The van der Waals surface area contributed by atoms with Gasteiger partial charge in [0.1, 0.15) is 0 Å². The number of nitrogens with zero attached hydrogens (tertiary/aromatic N) is 1. The zero-order valence-electron chi connectivity index (χ0n) is 12.0. The molecular formula is C14H30N2O. The Morgan fingerprint density at radius 2 is 2.12 bits per heavy atom. The van der Waals surface area contributed by atoms with Crippen molar-refractivity contribution < 1.29 is 4.74 Å². The van der Waals surface area contributed by atoms with Gasteiger partial charge in [-0.05, 0) is 39.3 Å². The lowest BCUT2D eigenvalue weighted by Crippen LogP contribution is -2.48. The molecule has 0 heterocycles. The van der Waals surface area contributed by atoms with Crippen LogP contribution in [0.2, 0.25) is 0 Å². The van der Waals surface area contributed by atoms with Crippen molar-refractivity contribution in [3.8, 4) is 0 Å². The SMILES string of the molecule is CCNC1CCCC(N(CC)C(C)COC)C1. The van der Waals surface area contributed by atoms with Crippen LogP contribution in [0.1, 0.15) is 46.5 Å². The van der Waals surface area contributed by atoms with E-state index >= 15 is 0 Å². The van der Waals surface area contributed by atoms with E-state index in [1.807, 2.05) is 0 Å². The molecule has 0 aromatic carbocycles. The summed E-state index contributed by atoms with van der Waals surface area (Å²) >= 11 is 0. The lowest BCUT2D eigenvalue weighted by Gasteiger charge is -2.40. The van der Waals surface area contributed by atoms with E-state index in [0.717, 1.165) is 31.8 Å². The minimum absolute atomic E-state index is 0.537. The molecule has 0 amide bonds. The predicted molar refractivity (Wildman–Crippen MR) is 73.4 cm³/mol. The number of rotatable bonds is 7. The van der Waals surface area contributed by atoms with Crippen LogP contribution in [0.4, 0.5) is 0 Å². The van der Waals surface area contributed by atoms with Crippen LogP contribution in [0.25, 0.3) is 0 Å². The summed E-state index contributed by atoms with van der Waals surface area (Å²) in [6.45, 7) is 9.82. The molecule has 3 nitrogen and oxygen atoms in total. The molecule has 0 saturated heterocycles. The van der Waals surface area contributed by atoms with E-state index in [1.165, 1.54) is 25.7 Å². The molecule has 1 aliphatic rings. The monoisotopic (exact) mass is 242 g/mol. The van der Waals surface area contributed by atoms with E-state index in [4.69, 9.17) is 4.74 Å². The fourth-order valence-electron chi connectivity index (χ4n) is 3.21. The molecule has 1 rings (SSSR count). The fourth-order valence-corrected chi connectivity index (χ4v) is 3.21. The lowest BCUT2D eigenvalue weighted by molar-refractivity contribution is 0.0538. The van der Waals surface area contributed by atoms with Crippen molar-refractivity contribution >= 4 is 0 Å². The topological polar surface area (TPSA) is 24.5 Å². The van der Waals surface area contributed by atoms with Crippen LogP contribution in [0.3, 0.4) is 0 Å². The van der Waals surface area contributed by atoms with Crippen molar-refractivity contribution in [1.82, 2.24) is 10.2 Å². The highest BCUT2D eigenvalue weighted by Gasteiger charge is 2.27. The van der Waals surface area contributed by atoms with Crippen molar-refractivity contribution in [3.05, 3.63) is 0 Å². The average Bonchev–Trinajstić information content (AvgIpc) is 2.31. The second-order valence-corrected chi connectivity index (χ2v) is 5.21. The molecule has 3 atom stereocenters. The minimum atomic E-state index is 0.537. The first-order chi connectivity index (χ1) is 8.22. The van der Waals surface area contributed by atoms with Gasteiger partial charge in [0.05, 0.1) is 6.61 Å². The first kappa shape index (κ1) is 14.9. The van der Waals surface area contributed by atoms with E-state index in [0.29, 0.717) is 6.04 Å². The highest BCUT2D eigenvalue weighted by atomic mass is 16.5. The Labute approximate surface area is 107 Å². The van der Waals surface area contributed by atoms with Crippen LogP contribution >= 0.6 is 0 Å². The van der Waals surface area contributed by atoms with Gasteiger partial charge in [-0.15, -0.1) is 0 Å². The number of hydrogen-bond acceptors (Lipinski definition) is 3. The third kappa shape index (κ3) is 4.57. The molecule has 0 radical (unpaired) electrons. The zero-order valence-corrected chi connectivity index (χ0v) is 12.0. The Hall–Kier alpha value is -0.120. The summed E-state index contributed by atoms with van der Waals surface area (Å²) < 4.78 is 5.29. The number of ether oxygens (including phenoxy) is 1. The predicted octanol–water partition coefficient (Wildman–Crippen LogP) is 2.26. The van der Waals surface area contributed by atoms with Crippen molar-refractivity contribution in [3.63, 3.8) is 0 Å². The molecule has 3 heteroatoms. The molecule has 1 N–H and O–H groups in total. The Morgan fingerprint density at radius 1 is 1.35 bits per heavy atom. The quantitative estimate of drug-likeness (QED) is 0.741. The maximum atomic E-state index is 5.29. The maximum absolute atomic E-state index is 5.29. The third-order valence-electron chi connectivity index (χ3n) is 3.95. The van der Waals surface area contributed by atoms with Gasteiger partial charge in [-0.1, -0.05) is 20.3 Å². The highest BCUT2D eigenvalue weighted by molar-refractivity contribution is 4.85. The van der Waals surface area contributed by atoms with Gasteiger partial charge in [0, 0.05) is 25.2 Å². The van der Waals surface area contributed by atoms with Crippen LogP contribution < -0.4 is 5.32 Å². The number of likely N-dealkylation sites (N-methyl/N-ethyl adjacent to an activating group) is 1. The Bertz CT molecular complexity index is 197. The van der Waals surface area contributed by atoms with Gasteiger partial charge in [-0.3, -0.25) is 4.90 Å². The summed E-state index contributed by atoms with van der Waals surface area (Å²) in [5.41, 5.74) is 0. The summed E-state index contributed by atoms with van der Waals surface area (Å²) in [5, 5.41) is 3.61. The van der Waals surface area contributed by atoms with Crippen molar-refractivity contribution in [2.45, 2.75) is 64.6 Å². The molecule has 0 spiro atoms. The van der Waals surface area contributed by atoms with Crippen molar-refractivity contribution in [2.24, 2.45) is 0 Å². The third-order valence-corrected chi connectivity index (χ3v) is 3.95. The largest absolute Gasteiger partial charge is 0.383 e. The number of methoxy groups -OCH3 is 1. The van der Waals surface area contributed by atoms with Gasteiger partial charge in [0.15, 0.2) is 0 Å². The van der Waals surface area contributed by atoms with E-state index in [2.05, 4.69) is 31.0 Å². The fraction of sp³-hybridized carbons (Fsp3) is 1.00. The van der Waals surface area contributed by atoms with E-state index < -0.39 is 0 Å². The number of hydrogen-bond donors (Lipinski definition) is 1. The van der Waals surface area contributed by atoms with Crippen LogP contribution in [-0.4, -0.2) is 49.8 Å². The Kier molecular flexibility index (Phi) is 7.09. The summed E-state index contributed by atoms with van der Waals surface area (Å²) in [6.07, 6.45) is 5.36. The average molecular weight is 242 g/mol. The molecule has 3 unspecified atom stereocenters. The second kappa shape index (κ2) is 8.06. The van der Waals surface area contributed by atoms with Crippen LogP contribution in [0, 0.1) is 0 Å². The standard InChI is InChI=1S/C14H30N2O/c1-5-15-13-8-7-9-14(10-13)16(6-2)12(3)11-17-4/h12-15H,5-11H2,1-4H3. The van der Waals surface area contributed by atoms with Crippen LogP contribution in [0.15, 0.2) is 0 Å². The highest BCUT2D eigenvalue weighted by Crippen LogP contribution is 2.24. The van der Waals surface area contributed by atoms with E-state index in [1.54, 1.807) is 7.11 Å². The summed E-state index contributed by atoms with van der Waals surface area (Å²) in [5.74, 6) is 0. The van der Waals surface area contributed by atoms with Gasteiger partial charge >= 0.3 is 0 Å². The van der Waals surface area contributed by atoms with Gasteiger partial charge in [-0.2, -0.15) is 0 Å². The van der Waals surface area contributed by atoms with E-state index in [-0.39, 0.29) is 0 Å². The van der Waals surface area contributed by atoms with Gasteiger partial charge in [0.25, 0.3) is 0 Å². The molecule has 1 fully saturated rings. The lowest BCUT2D eigenvalue weighted by atomic mass is 9.89. The van der Waals surface area contributed by atoms with Gasteiger partial charge in [0.2, 0.25) is 0 Å². The van der Waals surface area contributed by atoms with E-state index in [9.17, 15) is 0 Å². The molecule has 102 valence electrons. The molecular weight excluding hydrogens is 212 g/mol. The molecule has 0 aromatic rings. The molecule has 0 bridgehead atoms. The van der Waals surface area contributed by atoms with Crippen LogP contribution in [-0.2, 0) is 4.74 Å². The van der Waals surface area contributed by atoms with Gasteiger partial charge in [-0.25, -0.2) is 0 Å².